The van der Waals surface area contributed by atoms with E-state index in [1.165, 1.54) is 0 Å². The molecule has 60 valence electrons. The number of furan rings is 1. The summed E-state index contributed by atoms with van der Waals surface area (Å²) < 4.78 is 5.31. The van der Waals surface area contributed by atoms with Gasteiger partial charge in [-0.05, 0) is 17.5 Å². The van der Waals surface area contributed by atoms with Crippen LogP contribution in [0.5, 0.6) is 0 Å². The highest BCUT2D eigenvalue weighted by Gasteiger charge is 2.40. The first-order valence-corrected chi connectivity index (χ1v) is 3.97. The zero-order valence-corrected chi connectivity index (χ0v) is 6.92. The van der Waals surface area contributed by atoms with Gasteiger partial charge >= 0.3 is 0 Å². The van der Waals surface area contributed by atoms with Crippen LogP contribution < -0.4 is 5.32 Å². The molecule has 0 amide bonds. The summed E-state index contributed by atoms with van der Waals surface area (Å²) in [4.78, 5) is 0. The quantitative estimate of drug-likeness (QED) is 0.663. The van der Waals surface area contributed by atoms with Gasteiger partial charge in [0.15, 0.2) is 0 Å². The fraction of sp³-hybridized carbons (Fsp3) is 0.556. The normalized spacial score (nSPS) is 28.0. The van der Waals surface area contributed by atoms with Gasteiger partial charge in [-0.25, -0.2) is 0 Å². The van der Waals surface area contributed by atoms with Gasteiger partial charge in [-0.1, -0.05) is 13.8 Å². The molecule has 11 heavy (non-hydrogen) atoms. The van der Waals surface area contributed by atoms with E-state index in [0.717, 1.165) is 12.3 Å². The van der Waals surface area contributed by atoms with E-state index >= 15 is 0 Å². The van der Waals surface area contributed by atoms with E-state index in [2.05, 4.69) is 19.2 Å². The lowest BCUT2D eigenvalue weighted by Gasteiger charge is -2.44. The maximum Gasteiger partial charge on any atom is 0.121 e. The Morgan fingerprint density at radius 2 is 2.45 bits per heavy atom. The summed E-state index contributed by atoms with van der Waals surface area (Å²) in [5.41, 5.74) is 0.359. The molecular weight excluding hydrogens is 138 g/mol. The molecule has 2 rings (SSSR count). The lowest BCUT2D eigenvalue weighted by Crippen LogP contribution is -2.52. The average Bonchev–Trinajstić information content (AvgIpc) is 2.38. The monoisotopic (exact) mass is 151 g/mol. The molecule has 1 aliphatic rings. The van der Waals surface area contributed by atoms with Crippen LogP contribution in [0.4, 0.5) is 0 Å². The van der Waals surface area contributed by atoms with E-state index in [1.54, 1.807) is 6.26 Å². The summed E-state index contributed by atoms with van der Waals surface area (Å²) in [7, 11) is 0. The van der Waals surface area contributed by atoms with Crippen molar-refractivity contribution >= 4 is 0 Å². The number of hydrogen-bond acceptors (Lipinski definition) is 2. The maximum atomic E-state index is 5.31. The number of rotatable bonds is 1. The number of hydrogen-bond donors (Lipinski definition) is 1. The lowest BCUT2D eigenvalue weighted by atomic mass is 9.76. The zero-order chi connectivity index (χ0) is 7.90. The third-order valence-electron chi connectivity index (χ3n) is 2.37. The molecule has 1 atom stereocenters. The van der Waals surface area contributed by atoms with Gasteiger partial charge in [-0.3, -0.25) is 0 Å². The lowest BCUT2D eigenvalue weighted by molar-refractivity contribution is 0.108. The molecule has 0 unspecified atom stereocenters. The van der Waals surface area contributed by atoms with Crippen molar-refractivity contribution < 1.29 is 4.42 Å². The molecule has 0 aliphatic carbocycles. The second kappa shape index (κ2) is 2.11. The van der Waals surface area contributed by atoms with Crippen molar-refractivity contribution in [3.8, 4) is 0 Å². The molecule has 2 heteroatoms. The Morgan fingerprint density at radius 1 is 1.64 bits per heavy atom. The van der Waals surface area contributed by atoms with Crippen LogP contribution in [0.25, 0.3) is 0 Å². The van der Waals surface area contributed by atoms with E-state index in [9.17, 15) is 0 Å². The number of nitrogens with one attached hydrogen (secondary N) is 1. The van der Waals surface area contributed by atoms with Crippen LogP contribution in [0.1, 0.15) is 25.6 Å². The summed E-state index contributed by atoms with van der Waals surface area (Å²) in [5, 5.41) is 3.34. The Bertz CT molecular complexity index is 238. The topological polar surface area (TPSA) is 25.2 Å². The third kappa shape index (κ3) is 0.979. The molecule has 0 saturated carbocycles. The van der Waals surface area contributed by atoms with Crippen molar-refractivity contribution in [1.82, 2.24) is 5.32 Å². The maximum absolute atomic E-state index is 5.31. The second-order valence-corrected chi connectivity index (χ2v) is 3.82. The molecule has 1 aromatic rings. The first-order valence-electron chi connectivity index (χ1n) is 3.97. The van der Waals surface area contributed by atoms with E-state index in [0.29, 0.717) is 11.5 Å². The summed E-state index contributed by atoms with van der Waals surface area (Å²) in [6, 6.07) is 4.38. The molecule has 1 N–H and O–H groups in total. The second-order valence-electron chi connectivity index (χ2n) is 3.82. The fourth-order valence-corrected chi connectivity index (χ4v) is 1.55. The van der Waals surface area contributed by atoms with Crippen LogP contribution in [0.15, 0.2) is 22.8 Å². The molecule has 1 aromatic heterocycles. The van der Waals surface area contributed by atoms with Crippen molar-refractivity contribution in [2.75, 3.05) is 6.54 Å². The fourth-order valence-electron chi connectivity index (χ4n) is 1.55. The van der Waals surface area contributed by atoms with Gasteiger partial charge in [-0.2, -0.15) is 0 Å². The van der Waals surface area contributed by atoms with Gasteiger partial charge in [0.25, 0.3) is 0 Å². The Balaban J connectivity index is 2.20. The van der Waals surface area contributed by atoms with Crippen molar-refractivity contribution in [3.63, 3.8) is 0 Å². The van der Waals surface area contributed by atoms with Crippen LogP contribution in [-0.2, 0) is 0 Å². The first-order chi connectivity index (χ1) is 5.20. The minimum atomic E-state index is 0.359. The van der Waals surface area contributed by atoms with Crippen molar-refractivity contribution in [2.24, 2.45) is 5.41 Å². The van der Waals surface area contributed by atoms with Crippen LogP contribution in [0.2, 0.25) is 0 Å². The molecule has 2 nitrogen and oxygen atoms in total. The molecule has 0 radical (unpaired) electrons. The zero-order valence-electron chi connectivity index (χ0n) is 6.92. The molecule has 1 aliphatic heterocycles. The first kappa shape index (κ1) is 6.92. The Labute approximate surface area is 66.6 Å². The molecule has 2 heterocycles. The van der Waals surface area contributed by atoms with Gasteiger partial charge in [-0.15, -0.1) is 0 Å². The average molecular weight is 151 g/mol. The smallest absolute Gasteiger partial charge is 0.121 e. The van der Waals surface area contributed by atoms with Crippen LogP contribution in [-0.4, -0.2) is 6.54 Å². The Hall–Kier alpha value is -0.760. The molecule has 0 bridgehead atoms. The van der Waals surface area contributed by atoms with Crippen LogP contribution >= 0.6 is 0 Å². The van der Waals surface area contributed by atoms with Gasteiger partial charge in [0, 0.05) is 6.54 Å². The van der Waals surface area contributed by atoms with Crippen molar-refractivity contribution in [2.45, 2.75) is 19.9 Å². The summed E-state index contributed by atoms with van der Waals surface area (Å²) >= 11 is 0. The minimum Gasteiger partial charge on any atom is -0.468 e. The highest BCUT2D eigenvalue weighted by molar-refractivity contribution is 5.13. The standard InChI is InChI=1S/C9H13NO/c1-9(2)6-10-8(9)7-4-3-5-11-7/h3-5,8,10H,6H2,1-2H3/t8-/m1/s1. The third-order valence-corrected chi connectivity index (χ3v) is 2.37. The largest absolute Gasteiger partial charge is 0.468 e. The van der Waals surface area contributed by atoms with Gasteiger partial charge in [0.05, 0.1) is 12.3 Å². The van der Waals surface area contributed by atoms with E-state index in [1.807, 2.05) is 12.1 Å². The van der Waals surface area contributed by atoms with Gasteiger partial charge < -0.3 is 9.73 Å². The van der Waals surface area contributed by atoms with Gasteiger partial charge in [0.1, 0.15) is 5.76 Å². The van der Waals surface area contributed by atoms with Crippen LogP contribution in [0, 0.1) is 5.41 Å². The summed E-state index contributed by atoms with van der Waals surface area (Å²) in [5.74, 6) is 1.06. The minimum absolute atomic E-state index is 0.359. The Morgan fingerprint density at radius 3 is 2.82 bits per heavy atom. The SMILES string of the molecule is CC1(C)CN[C@@H]1c1ccco1. The molecule has 0 aromatic carbocycles. The van der Waals surface area contributed by atoms with Gasteiger partial charge in [0.2, 0.25) is 0 Å². The highest BCUT2D eigenvalue weighted by atomic mass is 16.3. The van der Waals surface area contributed by atoms with Crippen molar-refractivity contribution in [1.29, 1.82) is 0 Å². The summed E-state index contributed by atoms with van der Waals surface area (Å²) in [6.45, 7) is 5.58. The predicted octanol–water partition coefficient (Wildman–Crippen LogP) is 1.95. The molecule has 1 saturated heterocycles. The van der Waals surface area contributed by atoms with Crippen LogP contribution in [0.3, 0.4) is 0 Å². The van der Waals surface area contributed by atoms with E-state index in [4.69, 9.17) is 4.42 Å². The molecule has 0 spiro atoms. The summed E-state index contributed by atoms with van der Waals surface area (Å²) in [6.07, 6.45) is 1.73. The van der Waals surface area contributed by atoms with Crippen molar-refractivity contribution in [3.05, 3.63) is 24.2 Å². The van der Waals surface area contributed by atoms with E-state index < -0.39 is 0 Å². The highest BCUT2D eigenvalue weighted by Crippen LogP contribution is 2.39. The predicted molar refractivity (Wildman–Crippen MR) is 43.2 cm³/mol. The Kier molecular flexibility index (Phi) is 1.33. The molecule has 1 fully saturated rings. The molecular formula is C9H13NO. The van der Waals surface area contributed by atoms with E-state index in [-0.39, 0.29) is 0 Å².